The first-order chi connectivity index (χ1) is 17.5. The van der Waals surface area contributed by atoms with E-state index in [0.717, 1.165) is 18.2 Å². The lowest BCUT2D eigenvalue weighted by molar-refractivity contribution is 0.102. The number of benzene rings is 2. The zero-order chi connectivity index (χ0) is 27.0. The summed E-state index contributed by atoms with van der Waals surface area (Å²) in [5.41, 5.74) is 3.72. The number of aromatic nitrogens is 2. The Labute approximate surface area is 207 Å². The predicted molar refractivity (Wildman–Crippen MR) is 130 cm³/mol. The number of hydrogen-bond donors (Lipinski definition) is 3. The Bertz CT molecular complexity index is 1590. The van der Waals surface area contributed by atoms with Gasteiger partial charge in [0.25, 0.3) is 12.3 Å². The number of rotatable bonds is 6. The van der Waals surface area contributed by atoms with Crippen LogP contribution >= 0.6 is 0 Å². The smallest absolute Gasteiger partial charge is 0.361 e. The molecule has 4 aromatic rings. The summed E-state index contributed by atoms with van der Waals surface area (Å²) in [4.78, 5) is 33.9. The number of nitrogen functional groups attached to an aromatic ring is 1. The SMILES string of the molecule is Cc1nc(NC(C)c2cccc(C(F)F)c2F)c2c(C)c(NC(=O)c3ccc(F)cc3N)c(=O)oc2n1. The highest BCUT2D eigenvalue weighted by Crippen LogP contribution is 2.32. The summed E-state index contributed by atoms with van der Waals surface area (Å²) in [7, 11) is 0. The zero-order valence-electron chi connectivity index (χ0n) is 19.8. The second-order valence-electron chi connectivity index (χ2n) is 8.29. The Morgan fingerprint density at radius 1 is 1.08 bits per heavy atom. The molecule has 1 amide bonds. The van der Waals surface area contributed by atoms with Gasteiger partial charge in [0.2, 0.25) is 5.71 Å². The molecule has 4 N–H and O–H groups in total. The molecule has 4 rings (SSSR count). The number of fused-ring (bicyclic) bond motifs is 1. The van der Waals surface area contributed by atoms with E-state index in [1.807, 2.05) is 0 Å². The third-order valence-electron chi connectivity index (χ3n) is 5.74. The minimum atomic E-state index is -2.99. The number of nitrogens with one attached hydrogen (secondary N) is 2. The van der Waals surface area contributed by atoms with Crippen LogP contribution in [0.1, 0.15) is 52.3 Å². The molecular weight excluding hydrogens is 494 g/mol. The number of amides is 1. The van der Waals surface area contributed by atoms with Crippen LogP contribution < -0.4 is 22.0 Å². The highest BCUT2D eigenvalue weighted by Gasteiger charge is 2.23. The maximum absolute atomic E-state index is 14.7. The van der Waals surface area contributed by atoms with Crippen molar-refractivity contribution in [3.8, 4) is 0 Å². The van der Waals surface area contributed by atoms with Gasteiger partial charge in [0.05, 0.1) is 22.6 Å². The summed E-state index contributed by atoms with van der Waals surface area (Å²) in [5, 5.41) is 5.59. The van der Waals surface area contributed by atoms with Gasteiger partial charge >= 0.3 is 5.63 Å². The summed E-state index contributed by atoms with van der Waals surface area (Å²) in [6.07, 6.45) is -2.99. The molecule has 0 spiro atoms. The number of aryl methyl sites for hydroxylation is 2. The lowest BCUT2D eigenvalue weighted by Crippen LogP contribution is -2.21. The Morgan fingerprint density at radius 2 is 1.78 bits per heavy atom. The van der Waals surface area contributed by atoms with Crippen LogP contribution in [-0.2, 0) is 0 Å². The molecule has 2 heterocycles. The van der Waals surface area contributed by atoms with Gasteiger partial charge in [-0.2, -0.15) is 4.98 Å². The van der Waals surface area contributed by atoms with Crippen LogP contribution in [0.2, 0.25) is 0 Å². The lowest BCUT2D eigenvalue weighted by Gasteiger charge is -2.19. The highest BCUT2D eigenvalue weighted by molar-refractivity contribution is 6.09. The molecule has 0 fully saturated rings. The van der Waals surface area contributed by atoms with Crippen LogP contribution in [-0.4, -0.2) is 15.9 Å². The molecular formula is C25H21F4N5O3. The molecule has 12 heteroatoms. The van der Waals surface area contributed by atoms with E-state index < -0.39 is 41.2 Å². The first-order valence-corrected chi connectivity index (χ1v) is 11.0. The van der Waals surface area contributed by atoms with Gasteiger partial charge in [-0.1, -0.05) is 18.2 Å². The molecule has 2 aromatic heterocycles. The van der Waals surface area contributed by atoms with Gasteiger partial charge in [-0.05, 0) is 44.5 Å². The fourth-order valence-corrected chi connectivity index (χ4v) is 3.90. The minimum absolute atomic E-state index is 0.0300. The number of carbonyl (C=O) groups excluding carboxylic acids is 1. The van der Waals surface area contributed by atoms with Gasteiger partial charge in [0.1, 0.15) is 29.0 Å². The van der Waals surface area contributed by atoms with Crippen molar-refractivity contribution in [3.63, 3.8) is 0 Å². The zero-order valence-corrected chi connectivity index (χ0v) is 19.8. The lowest BCUT2D eigenvalue weighted by atomic mass is 10.0. The van der Waals surface area contributed by atoms with E-state index in [-0.39, 0.29) is 50.8 Å². The first kappa shape index (κ1) is 25.6. The van der Waals surface area contributed by atoms with Gasteiger partial charge in [-0.25, -0.2) is 27.3 Å². The van der Waals surface area contributed by atoms with E-state index >= 15 is 0 Å². The third kappa shape index (κ3) is 4.95. The molecule has 2 aromatic carbocycles. The van der Waals surface area contributed by atoms with E-state index in [2.05, 4.69) is 20.6 Å². The Morgan fingerprint density at radius 3 is 2.46 bits per heavy atom. The maximum Gasteiger partial charge on any atom is 0.361 e. The van der Waals surface area contributed by atoms with Crippen molar-refractivity contribution in [2.24, 2.45) is 0 Å². The van der Waals surface area contributed by atoms with Crippen LogP contribution in [0.4, 0.5) is 34.8 Å². The van der Waals surface area contributed by atoms with Gasteiger partial charge in [-0.15, -0.1) is 0 Å². The van der Waals surface area contributed by atoms with Crippen molar-refractivity contribution in [2.75, 3.05) is 16.4 Å². The standard InChI is InChI=1S/C25H21F4N5O3/c1-10-18-22(31-11(2)14-5-4-6-16(19(14)27)21(28)29)32-12(3)33-24(18)37-25(36)20(10)34-23(35)15-8-7-13(26)9-17(15)30/h4-9,11,21H,30H2,1-3H3,(H,34,35)(H,31,32,33). The Kier molecular flexibility index (Phi) is 6.84. The van der Waals surface area contributed by atoms with E-state index in [1.54, 1.807) is 6.92 Å². The largest absolute Gasteiger partial charge is 0.402 e. The Hall–Kier alpha value is -4.48. The first-order valence-electron chi connectivity index (χ1n) is 11.0. The molecule has 192 valence electrons. The van der Waals surface area contributed by atoms with Gasteiger partial charge in [0.15, 0.2) is 0 Å². The van der Waals surface area contributed by atoms with Crippen molar-refractivity contribution in [3.05, 3.63) is 86.5 Å². The topological polar surface area (TPSA) is 123 Å². The number of nitrogens with zero attached hydrogens (tertiary/aromatic N) is 2. The van der Waals surface area contributed by atoms with Crippen LogP contribution in [0.25, 0.3) is 11.1 Å². The van der Waals surface area contributed by atoms with Crippen LogP contribution in [0.15, 0.2) is 45.6 Å². The van der Waals surface area contributed by atoms with Gasteiger partial charge in [-0.3, -0.25) is 4.79 Å². The molecule has 8 nitrogen and oxygen atoms in total. The number of halogens is 4. The molecule has 0 radical (unpaired) electrons. The molecule has 0 aliphatic heterocycles. The molecule has 0 bridgehead atoms. The van der Waals surface area contributed by atoms with E-state index in [9.17, 15) is 27.2 Å². The fraction of sp³-hybridized carbons (Fsp3) is 0.200. The van der Waals surface area contributed by atoms with Crippen molar-refractivity contribution in [1.29, 1.82) is 0 Å². The molecule has 0 saturated heterocycles. The number of hydrogen-bond acceptors (Lipinski definition) is 7. The molecule has 0 aliphatic rings. The molecule has 1 atom stereocenters. The number of alkyl halides is 2. The average Bonchev–Trinajstić information content (AvgIpc) is 2.81. The highest BCUT2D eigenvalue weighted by atomic mass is 19.3. The second-order valence-corrected chi connectivity index (χ2v) is 8.29. The number of nitrogens with two attached hydrogens (primary N) is 1. The number of carbonyl (C=O) groups is 1. The van der Waals surface area contributed by atoms with Crippen molar-refractivity contribution in [1.82, 2.24) is 9.97 Å². The van der Waals surface area contributed by atoms with Gasteiger partial charge in [0, 0.05) is 11.3 Å². The minimum Gasteiger partial charge on any atom is -0.402 e. The molecule has 1 unspecified atom stereocenters. The van der Waals surface area contributed by atoms with E-state index in [0.29, 0.717) is 0 Å². The van der Waals surface area contributed by atoms with Crippen molar-refractivity contribution in [2.45, 2.75) is 33.2 Å². The normalized spacial score (nSPS) is 12.1. The molecule has 0 aliphatic carbocycles. The summed E-state index contributed by atoms with van der Waals surface area (Å²) < 4.78 is 59.8. The summed E-state index contributed by atoms with van der Waals surface area (Å²) in [6.45, 7) is 4.59. The molecule has 0 saturated carbocycles. The maximum atomic E-state index is 14.7. The molecule has 37 heavy (non-hydrogen) atoms. The van der Waals surface area contributed by atoms with Crippen molar-refractivity contribution < 1.29 is 26.8 Å². The third-order valence-corrected chi connectivity index (χ3v) is 5.74. The summed E-state index contributed by atoms with van der Waals surface area (Å²) in [6, 6.07) is 6.03. The van der Waals surface area contributed by atoms with E-state index in [4.69, 9.17) is 10.2 Å². The van der Waals surface area contributed by atoms with E-state index in [1.165, 1.54) is 32.0 Å². The quantitative estimate of drug-likeness (QED) is 0.231. The van der Waals surface area contributed by atoms with Gasteiger partial charge < -0.3 is 20.8 Å². The second kappa shape index (κ2) is 9.88. The number of anilines is 3. The monoisotopic (exact) mass is 515 g/mol. The average molecular weight is 515 g/mol. The summed E-state index contributed by atoms with van der Waals surface area (Å²) >= 11 is 0. The van der Waals surface area contributed by atoms with Crippen LogP contribution in [0.5, 0.6) is 0 Å². The van der Waals surface area contributed by atoms with Crippen molar-refractivity contribution >= 4 is 34.2 Å². The summed E-state index contributed by atoms with van der Waals surface area (Å²) in [5.74, 6) is -2.14. The van der Waals surface area contributed by atoms with Crippen LogP contribution in [0.3, 0.4) is 0 Å². The van der Waals surface area contributed by atoms with Crippen LogP contribution in [0, 0.1) is 25.5 Å². The fourth-order valence-electron chi connectivity index (χ4n) is 3.90. The Balaban J connectivity index is 1.77. The predicted octanol–water partition coefficient (Wildman–Crippen LogP) is 5.42.